The van der Waals surface area contributed by atoms with Crippen molar-refractivity contribution in [2.75, 3.05) is 13.7 Å². The van der Waals surface area contributed by atoms with E-state index in [1.54, 1.807) is 42.5 Å². The molecule has 0 saturated carbocycles. The lowest BCUT2D eigenvalue weighted by atomic mass is 10.1. The van der Waals surface area contributed by atoms with Gasteiger partial charge in [0.2, 0.25) is 0 Å². The molecule has 0 atom stereocenters. The zero-order valence-corrected chi connectivity index (χ0v) is 20.2. The molecule has 0 fully saturated rings. The summed E-state index contributed by atoms with van der Waals surface area (Å²) in [5, 5.41) is 2.96. The van der Waals surface area contributed by atoms with E-state index >= 15 is 0 Å². The van der Waals surface area contributed by atoms with Crippen LogP contribution in [0.25, 0.3) is 11.0 Å². The predicted octanol–water partition coefficient (Wildman–Crippen LogP) is 3.97. The highest BCUT2D eigenvalue weighted by Gasteiger charge is 2.35. The van der Waals surface area contributed by atoms with Gasteiger partial charge in [-0.15, -0.1) is 0 Å². The number of hydrogen-bond acceptors (Lipinski definition) is 5. The molecule has 3 aromatic carbocycles. The van der Waals surface area contributed by atoms with Crippen LogP contribution in [-0.2, 0) is 13.1 Å². The third kappa shape index (κ3) is 4.22. The molecule has 0 bridgehead atoms. The monoisotopic (exact) mass is 482 g/mol. The van der Waals surface area contributed by atoms with Crippen LogP contribution in [0.2, 0.25) is 0 Å². The standard InChI is InChI=1S/C28H26N4O4/c1-18-30-23-10-5-6-11-24(23)31(18)15-7-14-29-26(33)22-16-19(12-13-25(22)36-2)17-32-27(34)20-8-3-4-9-21(20)28(32)35/h3-6,8-13,16H,7,14-15,17H2,1-2H3,(H,29,33). The Labute approximate surface area is 208 Å². The Hall–Kier alpha value is -4.46. The number of aromatic nitrogens is 2. The van der Waals surface area contributed by atoms with Gasteiger partial charge in [0.1, 0.15) is 11.6 Å². The van der Waals surface area contributed by atoms with Gasteiger partial charge >= 0.3 is 0 Å². The maximum absolute atomic E-state index is 13.0. The van der Waals surface area contributed by atoms with Crippen molar-refractivity contribution in [2.45, 2.75) is 26.4 Å². The number of amides is 3. The predicted molar refractivity (Wildman–Crippen MR) is 135 cm³/mol. The molecule has 3 amide bonds. The average Bonchev–Trinajstić information content (AvgIpc) is 3.34. The van der Waals surface area contributed by atoms with Gasteiger partial charge in [0, 0.05) is 13.1 Å². The summed E-state index contributed by atoms with van der Waals surface area (Å²) in [5.41, 5.74) is 3.85. The van der Waals surface area contributed by atoms with Gasteiger partial charge in [0.05, 0.1) is 41.4 Å². The minimum atomic E-state index is -0.334. The number of nitrogens with one attached hydrogen (secondary N) is 1. The summed E-state index contributed by atoms with van der Waals surface area (Å²) < 4.78 is 7.54. The van der Waals surface area contributed by atoms with E-state index in [0.29, 0.717) is 34.5 Å². The van der Waals surface area contributed by atoms with E-state index < -0.39 is 0 Å². The molecular formula is C28H26N4O4. The van der Waals surface area contributed by atoms with E-state index in [1.165, 1.54) is 12.0 Å². The van der Waals surface area contributed by atoms with E-state index in [9.17, 15) is 14.4 Å². The summed E-state index contributed by atoms with van der Waals surface area (Å²) >= 11 is 0. The zero-order valence-electron chi connectivity index (χ0n) is 20.2. The Morgan fingerprint density at radius 2 is 1.67 bits per heavy atom. The molecule has 1 N–H and O–H groups in total. The number of carbonyl (C=O) groups is 3. The topological polar surface area (TPSA) is 93.5 Å². The van der Waals surface area contributed by atoms with E-state index in [0.717, 1.165) is 29.8 Å². The van der Waals surface area contributed by atoms with Crippen molar-refractivity contribution in [3.8, 4) is 5.75 Å². The molecule has 0 aliphatic carbocycles. The number of carbonyl (C=O) groups excluding carboxylic acids is 3. The Morgan fingerprint density at radius 3 is 2.39 bits per heavy atom. The first-order valence-electron chi connectivity index (χ1n) is 11.8. The van der Waals surface area contributed by atoms with Crippen molar-refractivity contribution in [3.63, 3.8) is 0 Å². The quantitative estimate of drug-likeness (QED) is 0.303. The highest BCUT2D eigenvalue weighted by molar-refractivity contribution is 6.21. The Morgan fingerprint density at radius 1 is 0.972 bits per heavy atom. The van der Waals surface area contributed by atoms with Gasteiger partial charge in [-0.25, -0.2) is 4.98 Å². The molecule has 8 heteroatoms. The van der Waals surface area contributed by atoms with Crippen LogP contribution in [0.3, 0.4) is 0 Å². The lowest BCUT2D eigenvalue weighted by Crippen LogP contribution is -2.29. The third-order valence-corrected chi connectivity index (χ3v) is 6.42. The van der Waals surface area contributed by atoms with Crippen LogP contribution in [0, 0.1) is 6.92 Å². The fraction of sp³-hybridized carbons (Fsp3) is 0.214. The molecule has 0 unspecified atom stereocenters. The normalized spacial score (nSPS) is 12.8. The van der Waals surface area contributed by atoms with Crippen LogP contribution >= 0.6 is 0 Å². The van der Waals surface area contributed by atoms with Crippen molar-refractivity contribution in [1.29, 1.82) is 0 Å². The minimum absolute atomic E-state index is 0.0730. The van der Waals surface area contributed by atoms with Crippen molar-refractivity contribution in [1.82, 2.24) is 19.8 Å². The van der Waals surface area contributed by atoms with Crippen LogP contribution in [0.5, 0.6) is 5.75 Å². The van der Waals surface area contributed by atoms with Crippen LogP contribution in [0.4, 0.5) is 0 Å². The molecule has 36 heavy (non-hydrogen) atoms. The number of imide groups is 1. The van der Waals surface area contributed by atoms with Crippen LogP contribution < -0.4 is 10.1 Å². The molecule has 0 saturated heterocycles. The fourth-order valence-electron chi connectivity index (χ4n) is 4.61. The summed E-state index contributed by atoms with van der Waals surface area (Å²) in [6, 6.07) is 19.9. The fourth-order valence-corrected chi connectivity index (χ4v) is 4.61. The molecule has 182 valence electrons. The van der Waals surface area contributed by atoms with Crippen LogP contribution in [0.1, 0.15) is 48.9 Å². The summed E-state index contributed by atoms with van der Waals surface area (Å²) in [4.78, 5) is 44.2. The minimum Gasteiger partial charge on any atom is -0.496 e. The molecule has 8 nitrogen and oxygen atoms in total. The van der Waals surface area contributed by atoms with Crippen molar-refractivity contribution < 1.29 is 19.1 Å². The largest absolute Gasteiger partial charge is 0.496 e. The second-order valence-corrected chi connectivity index (χ2v) is 8.69. The lowest BCUT2D eigenvalue weighted by Gasteiger charge is -2.16. The number of para-hydroxylation sites is 2. The number of nitrogens with zero attached hydrogens (tertiary/aromatic N) is 3. The maximum Gasteiger partial charge on any atom is 0.261 e. The molecule has 2 heterocycles. The molecule has 1 aromatic heterocycles. The second kappa shape index (κ2) is 9.65. The average molecular weight is 483 g/mol. The summed E-state index contributed by atoms with van der Waals surface area (Å²) in [5.74, 6) is 0.419. The lowest BCUT2D eigenvalue weighted by molar-refractivity contribution is 0.0642. The molecule has 0 spiro atoms. The maximum atomic E-state index is 13.0. The van der Waals surface area contributed by atoms with Crippen molar-refractivity contribution in [2.24, 2.45) is 0 Å². The van der Waals surface area contributed by atoms with Gasteiger partial charge in [-0.3, -0.25) is 19.3 Å². The number of methoxy groups -OCH3 is 1. The number of hydrogen-bond donors (Lipinski definition) is 1. The van der Waals surface area contributed by atoms with Gasteiger partial charge in [0.15, 0.2) is 0 Å². The van der Waals surface area contributed by atoms with Crippen LogP contribution in [0.15, 0.2) is 66.7 Å². The van der Waals surface area contributed by atoms with Gasteiger partial charge < -0.3 is 14.6 Å². The molecule has 4 aromatic rings. The van der Waals surface area contributed by atoms with Crippen LogP contribution in [-0.4, -0.2) is 45.8 Å². The van der Waals surface area contributed by atoms with E-state index in [4.69, 9.17) is 4.74 Å². The van der Waals surface area contributed by atoms with Gasteiger partial charge in [-0.1, -0.05) is 30.3 Å². The van der Waals surface area contributed by atoms with Crippen molar-refractivity contribution >= 4 is 28.8 Å². The number of rotatable bonds is 8. The van der Waals surface area contributed by atoms with Gasteiger partial charge in [-0.05, 0) is 55.3 Å². The summed E-state index contributed by atoms with van der Waals surface area (Å²) in [6.45, 7) is 3.24. The third-order valence-electron chi connectivity index (χ3n) is 6.42. The highest BCUT2D eigenvalue weighted by atomic mass is 16.5. The second-order valence-electron chi connectivity index (χ2n) is 8.69. The summed E-state index contributed by atoms with van der Waals surface area (Å²) in [7, 11) is 1.50. The Bertz CT molecular complexity index is 1460. The Balaban J connectivity index is 1.25. The van der Waals surface area contributed by atoms with E-state index in [1.807, 2.05) is 31.2 Å². The van der Waals surface area contributed by atoms with Crippen molar-refractivity contribution in [3.05, 3.63) is 94.8 Å². The SMILES string of the molecule is COc1ccc(CN2C(=O)c3ccccc3C2=O)cc1C(=O)NCCCn1c(C)nc2ccccc21. The Kier molecular flexibility index (Phi) is 6.25. The molecular weight excluding hydrogens is 456 g/mol. The highest BCUT2D eigenvalue weighted by Crippen LogP contribution is 2.26. The number of ether oxygens (including phenoxy) is 1. The van der Waals surface area contributed by atoms with Gasteiger partial charge in [0.25, 0.3) is 17.7 Å². The number of benzene rings is 3. The molecule has 1 aliphatic rings. The zero-order chi connectivity index (χ0) is 25.2. The summed E-state index contributed by atoms with van der Waals surface area (Å²) in [6.07, 6.45) is 0.726. The first-order valence-corrected chi connectivity index (χ1v) is 11.8. The first kappa shape index (κ1) is 23.3. The first-order chi connectivity index (χ1) is 17.5. The van der Waals surface area contributed by atoms with E-state index in [-0.39, 0.29) is 24.3 Å². The molecule has 5 rings (SSSR count). The molecule has 1 aliphatic heterocycles. The number of fused-ring (bicyclic) bond motifs is 2. The van der Waals surface area contributed by atoms with Gasteiger partial charge in [-0.2, -0.15) is 0 Å². The smallest absolute Gasteiger partial charge is 0.261 e. The molecule has 0 radical (unpaired) electrons. The number of aryl methyl sites for hydroxylation is 2. The number of imidazole rings is 1. The van der Waals surface area contributed by atoms with E-state index in [2.05, 4.69) is 14.9 Å².